The van der Waals surface area contributed by atoms with E-state index in [0.717, 1.165) is 27.4 Å². The molecule has 0 radical (unpaired) electrons. The molecule has 0 bridgehead atoms. The van der Waals surface area contributed by atoms with Crippen LogP contribution < -0.4 is 10.6 Å². The van der Waals surface area contributed by atoms with E-state index in [9.17, 15) is 4.79 Å². The molecule has 0 spiro atoms. The van der Waals surface area contributed by atoms with Crippen LogP contribution in [-0.4, -0.2) is 11.1 Å². The SMILES string of the molecule is Cc1ccc2c(c1)=C1C(=CC=C1C(=O)O)N=2. The molecule has 0 fully saturated rings. The number of benzene rings is 1. The van der Waals surface area contributed by atoms with Crippen molar-refractivity contribution in [3.8, 4) is 0 Å². The molecule has 0 amide bonds. The highest BCUT2D eigenvalue weighted by Crippen LogP contribution is 2.28. The Hall–Kier alpha value is -2.16. The number of hydrogen-bond acceptors (Lipinski definition) is 2. The van der Waals surface area contributed by atoms with Gasteiger partial charge in [-0.2, -0.15) is 0 Å². The number of carbonyl (C=O) groups is 1. The summed E-state index contributed by atoms with van der Waals surface area (Å²) in [6.07, 6.45) is 3.37. The number of aryl methyl sites for hydroxylation is 1. The Kier molecular flexibility index (Phi) is 1.66. The minimum Gasteiger partial charge on any atom is -0.478 e. The Balaban J connectivity index is 2.40. The van der Waals surface area contributed by atoms with Crippen LogP contribution in [-0.2, 0) is 4.79 Å². The molecule has 1 heterocycles. The number of fused-ring (bicyclic) bond motifs is 2. The molecule has 3 rings (SSSR count). The van der Waals surface area contributed by atoms with Crippen molar-refractivity contribution in [2.45, 2.75) is 6.92 Å². The topological polar surface area (TPSA) is 49.7 Å². The predicted molar refractivity (Wildman–Crippen MR) is 59.2 cm³/mol. The third-order valence-corrected chi connectivity index (χ3v) is 2.83. The molecular weight excluding hydrogens is 202 g/mol. The maximum Gasteiger partial charge on any atom is 0.336 e. The molecule has 0 unspecified atom stereocenters. The lowest BCUT2D eigenvalue weighted by molar-refractivity contribution is -0.132. The molecule has 16 heavy (non-hydrogen) atoms. The summed E-state index contributed by atoms with van der Waals surface area (Å²) in [6.45, 7) is 1.99. The number of aliphatic carboxylic acids is 1. The van der Waals surface area contributed by atoms with Crippen LogP contribution >= 0.6 is 0 Å². The van der Waals surface area contributed by atoms with Gasteiger partial charge in [0.05, 0.1) is 16.6 Å². The number of carboxylic acid groups (broad SMARTS) is 1. The zero-order valence-corrected chi connectivity index (χ0v) is 8.69. The summed E-state index contributed by atoms with van der Waals surface area (Å²) in [7, 11) is 0. The maximum atomic E-state index is 11.1. The van der Waals surface area contributed by atoms with Crippen LogP contribution in [0.25, 0.3) is 5.57 Å². The summed E-state index contributed by atoms with van der Waals surface area (Å²) in [5.74, 6) is -0.897. The first-order valence-electron chi connectivity index (χ1n) is 5.02. The lowest BCUT2D eigenvalue weighted by Crippen LogP contribution is -2.24. The third-order valence-electron chi connectivity index (χ3n) is 2.83. The van der Waals surface area contributed by atoms with Gasteiger partial charge in [0.2, 0.25) is 0 Å². The molecule has 0 saturated heterocycles. The normalized spacial score (nSPS) is 16.2. The summed E-state index contributed by atoms with van der Waals surface area (Å²) in [6, 6.07) is 5.89. The molecule has 2 aliphatic rings. The Morgan fingerprint density at radius 2 is 2.12 bits per heavy atom. The van der Waals surface area contributed by atoms with E-state index >= 15 is 0 Å². The van der Waals surface area contributed by atoms with Gasteiger partial charge in [-0.25, -0.2) is 9.79 Å². The van der Waals surface area contributed by atoms with Crippen LogP contribution in [0.1, 0.15) is 5.56 Å². The Morgan fingerprint density at radius 3 is 2.88 bits per heavy atom. The summed E-state index contributed by atoms with van der Waals surface area (Å²) in [4.78, 5) is 15.5. The fourth-order valence-corrected chi connectivity index (χ4v) is 2.10. The zero-order valence-electron chi connectivity index (χ0n) is 8.69. The van der Waals surface area contributed by atoms with Crippen molar-refractivity contribution in [3.05, 3.63) is 57.8 Å². The van der Waals surface area contributed by atoms with Gasteiger partial charge in [0.25, 0.3) is 0 Å². The molecular formula is C13H9NO2. The number of rotatable bonds is 1. The number of hydrogen-bond donors (Lipinski definition) is 1. The van der Waals surface area contributed by atoms with Gasteiger partial charge in [-0.15, -0.1) is 0 Å². The Labute approximate surface area is 91.8 Å². The van der Waals surface area contributed by atoms with Gasteiger partial charge in [0.1, 0.15) is 0 Å². The van der Waals surface area contributed by atoms with Crippen molar-refractivity contribution in [2.24, 2.45) is 4.99 Å². The van der Waals surface area contributed by atoms with Crippen LogP contribution in [0, 0.1) is 6.92 Å². The lowest BCUT2D eigenvalue weighted by Gasteiger charge is -1.98. The molecule has 0 saturated carbocycles. The minimum absolute atomic E-state index is 0.336. The van der Waals surface area contributed by atoms with Gasteiger partial charge >= 0.3 is 5.97 Å². The first-order chi connectivity index (χ1) is 7.66. The fraction of sp³-hybridized carbons (Fsp3) is 0.0769. The number of nitrogens with zero attached hydrogens (tertiary/aromatic N) is 1. The second-order valence-electron chi connectivity index (χ2n) is 3.94. The van der Waals surface area contributed by atoms with Crippen LogP contribution in [0.4, 0.5) is 0 Å². The average molecular weight is 211 g/mol. The van der Waals surface area contributed by atoms with Crippen molar-refractivity contribution in [3.63, 3.8) is 0 Å². The highest BCUT2D eigenvalue weighted by atomic mass is 16.4. The first-order valence-corrected chi connectivity index (χ1v) is 5.02. The molecule has 0 aromatic heterocycles. The van der Waals surface area contributed by atoms with Crippen molar-refractivity contribution in [2.75, 3.05) is 0 Å². The number of allylic oxidation sites excluding steroid dienone is 3. The third kappa shape index (κ3) is 1.08. The van der Waals surface area contributed by atoms with E-state index in [-0.39, 0.29) is 0 Å². The summed E-state index contributed by atoms with van der Waals surface area (Å²) >= 11 is 0. The molecule has 1 aromatic rings. The zero-order chi connectivity index (χ0) is 11.3. The van der Waals surface area contributed by atoms with E-state index in [0.29, 0.717) is 5.57 Å². The van der Waals surface area contributed by atoms with Crippen molar-refractivity contribution in [1.29, 1.82) is 0 Å². The van der Waals surface area contributed by atoms with Gasteiger partial charge in [-0.1, -0.05) is 11.6 Å². The molecule has 1 aliphatic carbocycles. The standard InChI is InChI=1S/C13H9NO2/c1-7-2-4-10-9(6-7)12-8(13(15)16)3-5-11(12)14-10/h2-6H,1H3,(H,15,16). The van der Waals surface area contributed by atoms with E-state index < -0.39 is 5.97 Å². The summed E-state index contributed by atoms with van der Waals surface area (Å²) in [5.41, 5.74) is 2.96. The summed E-state index contributed by atoms with van der Waals surface area (Å²) in [5, 5.41) is 10.9. The van der Waals surface area contributed by atoms with Crippen molar-refractivity contribution < 1.29 is 9.90 Å². The second-order valence-corrected chi connectivity index (χ2v) is 3.94. The molecule has 3 heteroatoms. The molecule has 78 valence electrons. The van der Waals surface area contributed by atoms with Crippen LogP contribution in [0.3, 0.4) is 0 Å². The van der Waals surface area contributed by atoms with Gasteiger partial charge < -0.3 is 5.11 Å². The molecule has 1 aliphatic heterocycles. The number of carboxylic acids is 1. The Morgan fingerprint density at radius 1 is 1.31 bits per heavy atom. The van der Waals surface area contributed by atoms with Crippen LogP contribution in [0.5, 0.6) is 0 Å². The molecule has 3 nitrogen and oxygen atoms in total. The van der Waals surface area contributed by atoms with E-state index in [1.165, 1.54) is 0 Å². The van der Waals surface area contributed by atoms with Gasteiger partial charge in [-0.3, -0.25) is 0 Å². The van der Waals surface area contributed by atoms with E-state index in [4.69, 9.17) is 5.11 Å². The van der Waals surface area contributed by atoms with Gasteiger partial charge in [0.15, 0.2) is 0 Å². The van der Waals surface area contributed by atoms with Crippen molar-refractivity contribution in [1.82, 2.24) is 0 Å². The smallest absolute Gasteiger partial charge is 0.336 e. The molecule has 1 N–H and O–H groups in total. The maximum absolute atomic E-state index is 11.1. The molecule has 0 atom stereocenters. The largest absolute Gasteiger partial charge is 0.478 e. The highest BCUT2D eigenvalue weighted by Gasteiger charge is 2.24. The fourth-order valence-electron chi connectivity index (χ4n) is 2.10. The second kappa shape index (κ2) is 2.92. The van der Waals surface area contributed by atoms with Crippen molar-refractivity contribution >= 4 is 11.5 Å². The average Bonchev–Trinajstić information content (AvgIpc) is 2.76. The lowest BCUT2D eigenvalue weighted by atomic mass is 10.1. The Bertz CT molecular complexity index is 693. The van der Waals surface area contributed by atoms with E-state index in [1.807, 2.05) is 25.1 Å². The van der Waals surface area contributed by atoms with Gasteiger partial charge in [-0.05, 0) is 31.2 Å². The monoisotopic (exact) mass is 211 g/mol. The predicted octanol–water partition coefficient (Wildman–Crippen LogP) is 0.687. The van der Waals surface area contributed by atoms with E-state index in [1.54, 1.807) is 12.2 Å². The highest BCUT2D eigenvalue weighted by molar-refractivity contribution is 6.07. The quantitative estimate of drug-likeness (QED) is 0.743. The minimum atomic E-state index is -0.897. The van der Waals surface area contributed by atoms with Crippen LogP contribution in [0.15, 0.2) is 46.6 Å². The summed E-state index contributed by atoms with van der Waals surface area (Å²) < 4.78 is 0. The van der Waals surface area contributed by atoms with E-state index in [2.05, 4.69) is 4.99 Å². The molecule has 1 aromatic carbocycles. The van der Waals surface area contributed by atoms with Gasteiger partial charge in [0, 0.05) is 10.8 Å². The van der Waals surface area contributed by atoms with Crippen LogP contribution in [0.2, 0.25) is 0 Å². The first kappa shape index (κ1) is 9.09.